The number of rotatable bonds is 9. The van der Waals surface area contributed by atoms with E-state index >= 15 is 0 Å². The van der Waals surface area contributed by atoms with Crippen molar-refractivity contribution in [3.63, 3.8) is 0 Å². The molecule has 3 N–H and O–H groups in total. The highest BCUT2D eigenvalue weighted by molar-refractivity contribution is 14.0. The Morgan fingerprint density at radius 2 is 2.04 bits per heavy atom. The summed E-state index contributed by atoms with van der Waals surface area (Å²) >= 11 is 1.80. The summed E-state index contributed by atoms with van der Waals surface area (Å²) in [6.45, 7) is 8.36. The van der Waals surface area contributed by atoms with Crippen molar-refractivity contribution >= 4 is 47.6 Å². The number of nitrogens with one attached hydrogen (secondary N) is 3. The van der Waals surface area contributed by atoms with Crippen LogP contribution in [0.3, 0.4) is 0 Å². The molecule has 0 radical (unpaired) electrons. The molecule has 0 saturated carbocycles. The van der Waals surface area contributed by atoms with Crippen molar-refractivity contribution < 1.29 is 4.79 Å². The molecule has 1 aromatic carbocycles. The summed E-state index contributed by atoms with van der Waals surface area (Å²) in [5, 5.41) is 9.53. The number of guanidine groups is 1. The van der Waals surface area contributed by atoms with Crippen LogP contribution in [0.15, 0.2) is 29.3 Å². The fourth-order valence-corrected chi connectivity index (χ4v) is 2.31. The highest BCUT2D eigenvalue weighted by atomic mass is 127. The minimum Gasteiger partial charge on any atom is -0.357 e. The number of aliphatic imine (C=N–C) groups is 1. The van der Waals surface area contributed by atoms with Gasteiger partial charge < -0.3 is 16.0 Å². The number of carbonyl (C=O) groups excluding carboxylic acids is 1. The van der Waals surface area contributed by atoms with Crippen LogP contribution in [0.25, 0.3) is 0 Å². The van der Waals surface area contributed by atoms with Crippen molar-refractivity contribution in [2.75, 3.05) is 25.1 Å². The van der Waals surface area contributed by atoms with Crippen molar-refractivity contribution in [3.05, 3.63) is 35.4 Å². The molecule has 0 bridgehead atoms. The molecule has 0 spiro atoms. The Bertz CT molecular complexity index is 540. The van der Waals surface area contributed by atoms with Crippen molar-refractivity contribution in [1.82, 2.24) is 16.0 Å². The Balaban J connectivity index is 0.00000576. The lowest BCUT2D eigenvalue weighted by Crippen LogP contribution is -2.38. The number of amides is 1. The van der Waals surface area contributed by atoms with Gasteiger partial charge in [-0.1, -0.05) is 19.1 Å². The third-order valence-electron chi connectivity index (χ3n) is 3.54. The fourth-order valence-electron chi connectivity index (χ4n) is 2.00. The first-order valence-electron chi connectivity index (χ1n) is 8.51. The SMILES string of the molecule is CCNC(=NCc1cccc(C(=O)NC(C)CC)c1)NCCSC.I. The zero-order valence-electron chi connectivity index (χ0n) is 15.6. The second kappa shape index (κ2) is 14.2. The summed E-state index contributed by atoms with van der Waals surface area (Å²) < 4.78 is 0. The van der Waals surface area contributed by atoms with Gasteiger partial charge in [-0.05, 0) is 44.2 Å². The molecule has 5 nitrogen and oxygen atoms in total. The molecular weight excluding hydrogens is 447 g/mol. The smallest absolute Gasteiger partial charge is 0.251 e. The average molecular weight is 478 g/mol. The van der Waals surface area contributed by atoms with Crippen LogP contribution < -0.4 is 16.0 Å². The summed E-state index contributed by atoms with van der Waals surface area (Å²) in [6, 6.07) is 7.83. The molecule has 1 aromatic rings. The Hall–Kier alpha value is -0.960. The summed E-state index contributed by atoms with van der Waals surface area (Å²) in [5.41, 5.74) is 1.71. The van der Waals surface area contributed by atoms with Gasteiger partial charge in [-0.2, -0.15) is 11.8 Å². The van der Waals surface area contributed by atoms with Gasteiger partial charge in [-0.25, -0.2) is 4.99 Å². The molecule has 1 rings (SSSR count). The monoisotopic (exact) mass is 478 g/mol. The van der Waals surface area contributed by atoms with Crippen molar-refractivity contribution in [2.45, 2.75) is 39.8 Å². The summed E-state index contributed by atoms with van der Waals surface area (Å²) in [4.78, 5) is 16.8. The summed E-state index contributed by atoms with van der Waals surface area (Å²) in [7, 11) is 0. The molecular formula is C18H31IN4OS. The standard InChI is InChI=1S/C18H30N4OS.HI/c1-5-14(3)22-17(23)16-9-7-8-15(12-16)13-21-18(19-6-2)20-10-11-24-4;/h7-9,12,14H,5-6,10-11,13H2,1-4H3,(H,22,23)(H2,19,20,21);1H. The molecule has 0 saturated heterocycles. The van der Waals surface area contributed by atoms with E-state index in [-0.39, 0.29) is 35.9 Å². The van der Waals surface area contributed by atoms with Crippen LogP contribution >= 0.6 is 35.7 Å². The lowest BCUT2D eigenvalue weighted by atomic mass is 10.1. The van der Waals surface area contributed by atoms with Gasteiger partial charge in [-0.3, -0.25) is 4.79 Å². The second-order valence-electron chi connectivity index (χ2n) is 5.60. The zero-order chi connectivity index (χ0) is 17.8. The number of thioether (sulfide) groups is 1. The van der Waals surface area contributed by atoms with Crippen molar-refractivity contribution in [1.29, 1.82) is 0 Å². The van der Waals surface area contributed by atoms with E-state index < -0.39 is 0 Å². The molecule has 25 heavy (non-hydrogen) atoms. The number of benzene rings is 1. The normalized spacial score (nSPS) is 12.1. The number of carbonyl (C=O) groups is 1. The average Bonchev–Trinajstić information content (AvgIpc) is 2.60. The Kier molecular flexibility index (Phi) is 13.7. The van der Waals surface area contributed by atoms with E-state index in [1.165, 1.54) is 0 Å². The van der Waals surface area contributed by atoms with Crippen LogP contribution in [0.1, 0.15) is 43.1 Å². The third-order valence-corrected chi connectivity index (χ3v) is 4.15. The van der Waals surface area contributed by atoms with Crippen molar-refractivity contribution in [2.24, 2.45) is 4.99 Å². The Labute approximate surface area is 173 Å². The number of hydrogen-bond donors (Lipinski definition) is 3. The molecule has 0 aliphatic heterocycles. The van der Waals surface area contributed by atoms with E-state index in [1.807, 2.05) is 38.1 Å². The maximum Gasteiger partial charge on any atom is 0.251 e. The van der Waals surface area contributed by atoms with Crippen LogP contribution in [-0.4, -0.2) is 43.0 Å². The lowest BCUT2D eigenvalue weighted by Gasteiger charge is -2.12. The topological polar surface area (TPSA) is 65.5 Å². The summed E-state index contributed by atoms with van der Waals surface area (Å²) in [6.07, 6.45) is 3.01. The number of nitrogens with zero attached hydrogens (tertiary/aromatic N) is 1. The predicted molar refractivity (Wildman–Crippen MR) is 120 cm³/mol. The zero-order valence-corrected chi connectivity index (χ0v) is 18.7. The highest BCUT2D eigenvalue weighted by Crippen LogP contribution is 2.07. The van der Waals surface area contributed by atoms with E-state index in [1.54, 1.807) is 11.8 Å². The quantitative estimate of drug-likeness (QED) is 0.221. The fraction of sp³-hybridized carbons (Fsp3) is 0.556. The van der Waals surface area contributed by atoms with Gasteiger partial charge in [0.1, 0.15) is 0 Å². The van der Waals surface area contributed by atoms with Crippen LogP contribution in [0.5, 0.6) is 0 Å². The van der Waals surface area contributed by atoms with E-state index in [9.17, 15) is 4.79 Å². The molecule has 142 valence electrons. The number of hydrogen-bond acceptors (Lipinski definition) is 3. The van der Waals surface area contributed by atoms with Gasteiger partial charge in [0, 0.05) is 30.4 Å². The van der Waals surface area contributed by atoms with Gasteiger partial charge in [0.2, 0.25) is 0 Å². The van der Waals surface area contributed by atoms with Gasteiger partial charge in [0.25, 0.3) is 5.91 Å². The van der Waals surface area contributed by atoms with E-state index in [4.69, 9.17) is 0 Å². The van der Waals surface area contributed by atoms with Crippen LogP contribution in [0, 0.1) is 0 Å². The number of halogens is 1. The van der Waals surface area contributed by atoms with Crippen molar-refractivity contribution in [3.8, 4) is 0 Å². The first kappa shape index (κ1) is 24.0. The van der Waals surface area contributed by atoms with Gasteiger partial charge in [0.15, 0.2) is 5.96 Å². The largest absolute Gasteiger partial charge is 0.357 e. The molecule has 0 aromatic heterocycles. The van der Waals surface area contributed by atoms with E-state index in [0.29, 0.717) is 12.1 Å². The van der Waals surface area contributed by atoms with Crippen LogP contribution in [0.4, 0.5) is 0 Å². The molecule has 1 amide bonds. The Morgan fingerprint density at radius 3 is 2.68 bits per heavy atom. The van der Waals surface area contributed by atoms with Crippen LogP contribution in [-0.2, 0) is 6.54 Å². The maximum absolute atomic E-state index is 12.2. The van der Waals surface area contributed by atoms with Gasteiger partial charge in [0.05, 0.1) is 6.54 Å². The minimum absolute atomic E-state index is 0. The predicted octanol–water partition coefficient (Wildman–Crippen LogP) is 3.25. The summed E-state index contributed by atoms with van der Waals surface area (Å²) in [5.74, 6) is 1.82. The second-order valence-corrected chi connectivity index (χ2v) is 6.58. The van der Waals surface area contributed by atoms with E-state index in [0.717, 1.165) is 36.8 Å². The molecule has 0 fully saturated rings. The molecule has 0 heterocycles. The van der Waals surface area contributed by atoms with E-state index in [2.05, 4.69) is 34.1 Å². The molecule has 1 atom stereocenters. The van der Waals surface area contributed by atoms with Gasteiger partial charge >= 0.3 is 0 Å². The first-order valence-corrected chi connectivity index (χ1v) is 9.91. The highest BCUT2D eigenvalue weighted by Gasteiger charge is 2.08. The molecule has 0 aliphatic carbocycles. The molecule has 1 unspecified atom stereocenters. The molecule has 0 aliphatic rings. The first-order chi connectivity index (χ1) is 11.6. The third kappa shape index (κ3) is 9.94. The Morgan fingerprint density at radius 1 is 1.28 bits per heavy atom. The van der Waals surface area contributed by atoms with Crippen LogP contribution in [0.2, 0.25) is 0 Å². The maximum atomic E-state index is 12.2. The van der Waals surface area contributed by atoms with Gasteiger partial charge in [-0.15, -0.1) is 24.0 Å². The minimum atomic E-state index is -0.0276. The molecule has 7 heteroatoms. The lowest BCUT2D eigenvalue weighted by molar-refractivity contribution is 0.0939.